The largest absolute Gasteiger partial charge is 0.489 e. The number of hydrogen-bond acceptors (Lipinski definition) is 5. The Hall–Kier alpha value is -3.58. The molecule has 168 valence electrons. The van der Waals surface area contributed by atoms with E-state index in [0.717, 1.165) is 29.0 Å². The predicted octanol–water partition coefficient (Wildman–Crippen LogP) is 4.82. The molecule has 1 aromatic heterocycles. The Morgan fingerprint density at radius 3 is 2.48 bits per heavy atom. The number of ether oxygens (including phenoxy) is 1. The van der Waals surface area contributed by atoms with Gasteiger partial charge in [-0.2, -0.15) is 0 Å². The lowest BCUT2D eigenvalue weighted by atomic mass is 10.1. The number of hydrogen-bond donors (Lipinski definition) is 1. The lowest BCUT2D eigenvalue weighted by Gasteiger charge is -2.11. The Balaban J connectivity index is 1.25. The number of aromatic nitrogens is 3. The fourth-order valence-corrected chi connectivity index (χ4v) is 4.10. The molecule has 1 amide bonds. The number of nitrogens with one attached hydrogen (secondary N) is 1. The number of thioether (sulfide) groups is 1. The Morgan fingerprint density at radius 1 is 0.970 bits per heavy atom. The first kappa shape index (κ1) is 22.6. The number of carbonyl (C=O) groups is 1. The van der Waals surface area contributed by atoms with Crippen LogP contribution < -0.4 is 10.1 Å². The van der Waals surface area contributed by atoms with Gasteiger partial charge in [0.2, 0.25) is 5.91 Å². The molecule has 3 aromatic carbocycles. The van der Waals surface area contributed by atoms with Crippen molar-refractivity contribution in [1.82, 2.24) is 20.1 Å². The summed E-state index contributed by atoms with van der Waals surface area (Å²) in [5.74, 6) is 1.07. The van der Waals surface area contributed by atoms with Gasteiger partial charge >= 0.3 is 0 Å². The van der Waals surface area contributed by atoms with Gasteiger partial charge in [-0.1, -0.05) is 79.3 Å². The Labute approximate surface area is 198 Å². The molecule has 0 saturated carbocycles. The van der Waals surface area contributed by atoms with Crippen molar-refractivity contribution in [2.45, 2.75) is 31.7 Å². The third-order valence-electron chi connectivity index (χ3n) is 5.14. The summed E-state index contributed by atoms with van der Waals surface area (Å²) in [6, 6.07) is 26.0. The fraction of sp³-hybridized carbons (Fsp3) is 0.192. The molecule has 1 N–H and O–H groups in total. The molecule has 0 fully saturated rings. The first-order valence-electron chi connectivity index (χ1n) is 10.9. The first-order valence-corrected chi connectivity index (χ1v) is 11.8. The van der Waals surface area contributed by atoms with Gasteiger partial charge in [-0.15, -0.1) is 10.2 Å². The van der Waals surface area contributed by atoms with Crippen molar-refractivity contribution in [3.63, 3.8) is 0 Å². The number of para-hydroxylation sites is 2. The molecular weight excluding hydrogens is 432 g/mol. The molecule has 1 heterocycles. The van der Waals surface area contributed by atoms with Crippen LogP contribution in [0, 0.1) is 0 Å². The fourth-order valence-electron chi connectivity index (χ4n) is 3.35. The van der Waals surface area contributed by atoms with E-state index in [9.17, 15) is 4.79 Å². The minimum Gasteiger partial charge on any atom is -0.489 e. The highest BCUT2D eigenvalue weighted by molar-refractivity contribution is 7.99. The zero-order valence-corrected chi connectivity index (χ0v) is 19.3. The van der Waals surface area contributed by atoms with Crippen LogP contribution in [-0.2, 0) is 24.4 Å². The maximum atomic E-state index is 12.4. The first-order chi connectivity index (χ1) is 16.2. The molecule has 7 heteroatoms. The molecule has 0 aliphatic carbocycles. The number of benzene rings is 3. The van der Waals surface area contributed by atoms with Crippen LogP contribution in [-0.4, -0.2) is 26.4 Å². The van der Waals surface area contributed by atoms with Crippen molar-refractivity contribution in [2.24, 2.45) is 0 Å². The van der Waals surface area contributed by atoms with Crippen LogP contribution in [0.2, 0.25) is 0 Å². The molecular formula is C26H26N4O2S. The van der Waals surface area contributed by atoms with Crippen LogP contribution >= 0.6 is 11.8 Å². The lowest BCUT2D eigenvalue weighted by molar-refractivity contribution is -0.118. The zero-order valence-electron chi connectivity index (χ0n) is 18.5. The highest BCUT2D eigenvalue weighted by Gasteiger charge is 2.12. The molecule has 4 aromatic rings. The van der Waals surface area contributed by atoms with Crippen LogP contribution in [0.4, 0.5) is 0 Å². The third-order valence-corrected chi connectivity index (χ3v) is 6.09. The van der Waals surface area contributed by atoms with Gasteiger partial charge in [0.1, 0.15) is 18.7 Å². The maximum absolute atomic E-state index is 12.4. The second-order valence-corrected chi connectivity index (χ2v) is 8.39. The molecule has 4 rings (SSSR count). The van der Waals surface area contributed by atoms with Gasteiger partial charge in [-0.05, 0) is 41.3 Å². The van der Waals surface area contributed by atoms with Crippen LogP contribution in [0.15, 0.2) is 90.3 Å². The SMILES string of the molecule is CCc1ccccc1-n1cnnc1SCC(=O)NCc1ccc(COc2ccccc2)cc1. The normalized spacial score (nSPS) is 10.7. The van der Waals surface area contributed by atoms with Crippen LogP contribution in [0.3, 0.4) is 0 Å². The Morgan fingerprint density at radius 2 is 1.70 bits per heavy atom. The smallest absolute Gasteiger partial charge is 0.230 e. The summed E-state index contributed by atoms with van der Waals surface area (Å²) in [5, 5.41) is 11.9. The molecule has 33 heavy (non-hydrogen) atoms. The van der Waals surface area contributed by atoms with Gasteiger partial charge in [-0.25, -0.2) is 0 Å². The van der Waals surface area contributed by atoms with Crippen molar-refractivity contribution >= 4 is 17.7 Å². The summed E-state index contributed by atoms with van der Waals surface area (Å²) in [6.45, 7) is 3.10. The summed E-state index contributed by atoms with van der Waals surface area (Å²) < 4.78 is 7.71. The summed E-state index contributed by atoms with van der Waals surface area (Å²) >= 11 is 1.38. The van der Waals surface area contributed by atoms with Crippen molar-refractivity contribution in [1.29, 1.82) is 0 Å². The zero-order chi connectivity index (χ0) is 22.9. The second kappa shape index (κ2) is 11.3. The van der Waals surface area contributed by atoms with Crippen LogP contribution in [0.25, 0.3) is 5.69 Å². The van der Waals surface area contributed by atoms with Crippen molar-refractivity contribution in [2.75, 3.05) is 5.75 Å². The van der Waals surface area contributed by atoms with Crippen LogP contribution in [0.5, 0.6) is 5.75 Å². The average Bonchev–Trinajstić information content (AvgIpc) is 3.34. The van der Waals surface area contributed by atoms with E-state index in [1.165, 1.54) is 17.3 Å². The molecule has 0 aliphatic rings. The van der Waals surface area contributed by atoms with E-state index < -0.39 is 0 Å². The summed E-state index contributed by atoms with van der Waals surface area (Å²) in [5.41, 5.74) is 4.37. The molecule has 0 atom stereocenters. The predicted molar refractivity (Wildman–Crippen MR) is 131 cm³/mol. The second-order valence-electron chi connectivity index (χ2n) is 7.45. The number of amides is 1. The van der Waals surface area contributed by atoms with Crippen molar-refractivity contribution < 1.29 is 9.53 Å². The quantitative estimate of drug-likeness (QED) is 0.345. The summed E-state index contributed by atoms with van der Waals surface area (Å²) in [4.78, 5) is 12.4. The van der Waals surface area contributed by atoms with Gasteiger partial charge in [0.15, 0.2) is 5.16 Å². The van der Waals surface area contributed by atoms with Gasteiger partial charge in [0.25, 0.3) is 0 Å². The third kappa shape index (κ3) is 6.23. The van der Waals surface area contributed by atoms with E-state index in [1.54, 1.807) is 6.33 Å². The van der Waals surface area contributed by atoms with E-state index >= 15 is 0 Å². The summed E-state index contributed by atoms with van der Waals surface area (Å²) in [7, 11) is 0. The minimum absolute atomic E-state index is 0.0465. The van der Waals surface area contributed by atoms with E-state index in [0.29, 0.717) is 18.3 Å². The van der Waals surface area contributed by atoms with Gasteiger partial charge in [0.05, 0.1) is 11.4 Å². The molecule has 0 bridgehead atoms. The molecule has 0 unspecified atom stereocenters. The average molecular weight is 459 g/mol. The molecule has 6 nitrogen and oxygen atoms in total. The molecule has 0 aliphatic heterocycles. The van der Waals surface area contributed by atoms with Gasteiger partial charge in [-0.3, -0.25) is 9.36 Å². The standard InChI is InChI=1S/C26H26N4O2S/c1-2-22-8-6-7-11-24(22)30-19-28-29-26(30)33-18-25(31)27-16-20-12-14-21(15-13-20)17-32-23-9-4-3-5-10-23/h3-15,19H,2,16-18H2,1H3,(H,27,31). The maximum Gasteiger partial charge on any atom is 0.230 e. The Bertz CT molecular complexity index is 1180. The number of carbonyl (C=O) groups excluding carboxylic acids is 1. The monoisotopic (exact) mass is 458 g/mol. The summed E-state index contributed by atoms with van der Waals surface area (Å²) in [6.07, 6.45) is 2.61. The van der Waals surface area contributed by atoms with E-state index in [2.05, 4.69) is 28.5 Å². The van der Waals surface area contributed by atoms with Crippen LogP contribution in [0.1, 0.15) is 23.6 Å². The number of rotatable bonds is 10. The molecule has 0 spiro atoms. The lowest BCUT2D eigenvalue weighted by Crippen LogP contribution is -2.24. The van der Waals surface area contributed by atoms with Crippen molar-refractivity contribution in [3.8, 4) is 11.4 Å². The molecule has 0 saturated heterocycles. The number of nitrogens with zero attached hydrogens (tertiary/aromatic N) is 3. The molecule has 0 radical (unpaired) electrons. The van der Waals surface area contributed by atoms with Crippen molar-refractivity contribution in [3.05, 3.63) is 102 Å². The Kier molecular flexibility index (Phi) is 7.76. The van der Waals surface area contributed by atoms with Gasteiger partial charge in [0, 0.05) is 6.54 Å². The highest BCUT2D eigenvalue weighted by atomic mass is 32.2. The number of aryl methyl sites for hydroxylation is 1. The highest BCUT2D eigenvalue weighted by Crippen LogP contribution is 2.22. The van der Waals surface area contributed by atoms with Gasteiger partial charge < -0.3 is 10.1 Å². The minimum atomic E-state index is -0.0465. The van der Waals surface area contributed by atoms with E-state index in [4.69, 9.17) is 4.74 Å². The van der Waals surface area contributed by atoms with E-state index in [1.807, 2.05) is 77.4 Å². The van der Waals surface area contributed by atoms with E-state index in [-0.39, 0.29) is 11.7 Å². The topological polar surface area (TPSA) is 69.0 Å².